The van der Waals surface area contributed by atoms with Crippen LogP contribution in [0.15, 0.2) is 22.8 Å². The first kappa shape index (κ1) is 9.46. The molecule has 1 aromatic heterocycles. The Morgan fingerprint density at radius 1 is 1.40 bits per heavy atom. The summed E-state index contributed by atoms with van der Waals surface area (Å²) < 4.78 is 5.42. The van der Waals surface area contributed by atoms with Gasteiger partial charge in [0.2, 0.25) is 0 Å². The van der Waals surface area contributed by atoms with Crippen molar-refractivity contribution in [3.05, 3.63) is 24.2 Å². The first-order valence-corrected chi connectivity index (χ1v) is 6.12. The second-order valence-electron chi connectivity index (χ2n) is 5.19. The van der Waals surface area contributed by atoms with Gasteiger partial charge in [-0.2, -0.15) is 0 Å². The summed E-state index contributed by atoms with van der Waals surface area (Å²) in [5.74, 6) is 3.02. The SMILES string of the molecule is C[C@@H](NC1CC2CCC1C2)c1ccco1. The number of fused-ring (bicyclic) bond motifs is 2. The minimum atomic E-state index is 0.365. The Bertz CT molecular complexity index is 319. The molecule has 2 heteroatoms. The van der Waals surface area contributed by atoms with Crippen LogP contribution in [-0.4, -0.2) is 6.04 Å². The normalized spacial score (nSPS) is 35.9. The van der Waals surface area contributed by atoms with Crippen LogP contribution in [0.2, 0.25) is 0 Å². The molecule has 2 saturated carbocycles. The predicted molar refractivity (Wildman–Crippen MR) is 59.5 cm³/mol. The van der Waals surface area contributed by atoms with E-state index in [2.05, 4.69) is 18.3 Å². The molecule has 2 bridgehead atoms. The molecule has 3 unspecified atom stereocenters. The fourth-order valence-electron chi connectivity index (χ4n) is 3.39. The quantitative estimate of drug-likeness (QED) is 0.820. The van der Waals surface area contributed by atoms with Gasteiger partial charge in [0.25, 0.3) is 0 Å². The zero-order valence-electron chi connectivity index (χ0n) is 9.28. The van der Waals surface area contributed by atoms with Gasteiger partial charge in [-0.3, -0.25) is 0 Å². The molecule has 2 fully saturated rings. The van der Waals surface area contributed by atoms with E-state index in [9.17, 15) is 0 Å². The smallest absolute Gasteiger partial charge is 0.120 e. The van der Waals surface area contributed by atoms with Gasteiger partial charge in [-0.1, -0.05) is 6.42 Å². The third-order valence-electron chi connectivity index (χ3n) is 4.17. The standard InChI is InChI=1S/C13H19NO/c1-9(13-3-2-6-15-13)14-12-8-10-4-5-11(12)7-10/h2-3,6,9-12,14H,4-5,7-8H2,1H3/t9-,10?,11?,12?/m1/s1. The minimum Gasteiger partial charge on any atom is -0.468 e. The average Bonchev–Trinajstić information content (AvgIpc) is 2.95. The van der Waals surface area contributed by atoms with Gasteiger partial charge < -0.3 is 9.73 Å². The molecule has 0 saturated heterocycles. The molecule has 0 amide bonds. The van der Waals surface area contributed by atoms with E-state index in [0.717, 1.165) is 23.6 Å². The summed E-state index contributed by atoms with van der Waals surface area (Å²) in [4.78, 5) is 0. The first-order valence-electron chi connectivity index (χ1n) is 6.12. The lowest BCUT2D eigenvalue weighted by molar-refractivity contribution is 0.307. The van der Waals surface area contributed by atoms with Crippen molar-refractivity contribution in [3.8, 4) is 0 Å². The average molecular weight is 205 g/mol. The van der Waals surface area contributed by atoms with Crippen molar-refractivity contribution < 1.29 is 4.42 Å². The van der Waals surface area contributed by atoms with Gasteiger partial charge in [0.15, 0.2) is 0 Å². The molecular formula is C13H19NO. The third kappa shape index (κ3) is 1.71. The molecule has 2 nitrogen and oxygen atoms in total. The van der Waals surface area contributed by atoms with Crippen molar-refractivity contribution in [2.45, 2.75) is 44.7 Å². The molecular weight excluding hydrogens is 186 g/mol. The summed E-state index contributed by atoms with van der Waals surface area (Å²) in [6.45, 7) is 2.20. The maximum Gasteiger partial charge on any atom is 0.120 e. The molecule has 0 radical (unpaired) electrons. The van der Waals surface area contributed by atoms with Crippen molar-refractivity contribution in [2.75, 3.05) is 0 Å². The Morgan fingerprint density at radius 3 is 2.93 bits per heavy atom. The second kappa shape index (κ2) is 3.67. The highest BCUT2D eigenvalue weighted by Gasteiger charge is 2.39. The van der Waals surface area contributed by atoms with Gasteiger partial charge in [0, 0.05) is 6.04 Å². The lowest BCUT2D eigenvalue weighted by atomic mass is 9.94. The number of hydrogen-bond donors (Lipinski definition) is 1. The molecule has 0 aromatic carbocycles. The molecule has 1 heterocycles. The molecule has 15 heavy (non-hydrogen) atoms. The molecule has 4 atom stereocenters. The van der Waals surface area contributed by atoms with Crippen molar-refractivity contribution in [1.82, 2.24) is 5.32 Å². The number of hydrogen-bond acceptors (Lipinski definition) is 2. The fraction of sp³-hybridized carbons (Fsp3) is 0.692. The third-order valence-corrected chi connectivity index (χ3v) is 4.17. The largest absolute Gasteiger partial charge is 0.468 e. The lowest BCUT2D eigenvalue weighted by Gasteiger charge is -2.25. The van der Waals surface area contributed by atoms with E-state index in [1.165, 1.54) is 25.7 Å². The summed E-state index contributed by atoms with van der Waals surface area (Å²) in [7, 11) is 0. The Labute approximate surface area is 91.0 Å². The summed E-state index contributed by atoms with van der Waals surface area (Å²) >= 11 is 0. The highest BCUT2D eigenvalue weighted by Crippen LogP contribution is 2.45. The van der Waals surface area contributed by atoms with Crippen LogP contribution in [-0.2, 0) is 0 Å². The van der Waals surface area contributed by atoms with E-state index in [0.29, 0.717) is 6.04 Å². The van der Waals surface area contributed by atoms with Gasteiger partial charge >= 0.3 is 0 Å². The van der Waals surface area contributed by atoms with Crippen molar-refractivity contribution in [3.63, 3.8) is 0 Å². The zero-order chi connectivity index (χ0) is 10.3. The van der Waals surface area contributed by atoms with Crippen LogP contribution in [0.5, 0.6) is 0 Å². The lowest BCUT2D eigenvalue weighted by Crippen LogP contribution is -2.35. The number of furan rings is 1. The maximum atomic E-state index is 5.42. The summed E-state index contributed by atoms with van der Waals surface area (Å²) in [5.41, 5.74) is 0. The first-order chi connectivity index (χ1) is 7.33. The molecule has 82 valence electrons. The molecule has 0 aliphatic heterocycles. The van der Waals surface area contributed by atoms with E-state index in [1.54, 1.807) is 6.26 Å². The highest BCUT2D eigenvalue weighted by molar-refractivity contribution is 5.05. The summed E-state index contributed by atoms with van der Waals surface area (Å²) in [6, 6.07) is 5.13. The molecule has 2 aliphatic carbocycles. The van der Waals surface area contributed by atoms with Gasteiger partial charge in [-0.25, -0.2) is 0 Å². The van der Waals surface area contributed by atoms with Crippen LogP contribution in [0.25, 0.3) is 0 Å². The van der Waals surface area contributed by atoms with E-state index in [-0.39, 0.29) is 0 Å². The molecule has 0 spiro atoms. The van der Waals surface area contributed by atoms with E-state index in [4.69, 9.17) is 4.42 Å². The topological polar surface area (TPSA) is 25.2 Å². The minimum absolute atomic E-state index is 0.365. The zero-order valence-corrected chi connectivity index (χ0v) is 9.28. The van der Waals surface area contributed by atoms with Crippen LogP contribution in [0.3, 0.4) is 0 Å². The van der Waals surface area contributed by atoms with Crippen LogP contribution >= 0.6 is 0 Å². The maximum absolute atomic E-state index is 5.42. The molecule has 3 rings (SSSR count). The van der Waals surface area contributed by atoms with Crippen LogP contribution in [0.4, 0.5) is 0 Å². The van der Waals surface area contributed by atoms with E-state index in [1.807, 2.05) is 6.07 Å². The number of nitrogens with one attached hydrogen (secondary N) is 1. The number of rotatable bonds is 3. The Balaban J connectivity index is 1.62. The van der Waals surface area contributed by atoms with Gasteiger partial charge in [0.05, 0.1) is 12.3 Å². The van der Waals surface area contributed by atoms with Gasteiger partial charge in [-0.15, -0.1) is 0 Å². The van der Waals surface area contributed by atoms with Crippen molar-refractivity contribution in [1.29, 1.82) is 0 Å². The van der Waals surface area contributed by atoms with E-state index >= 15 is 0 Å². The van der Waals surface area contributed by atoms with E-state index < -0.39 is 0 Å². The molecule has 1 aromatic rings. The van der Waals surface area contributed by atoms with Crippen LogP contribution in [0, 0.1) is 11.8 Å². The van der Waals surface area contributed by atoms with Crippen LogP contribution in [0.1, 0.15) is 44.4 Å². The van der Waals surface area contributed by atoms with Crippen molar-refractivity contribution in [2.24, 2.45) is 11.8 Å². The Hall–Kier alpha value is -0.760. The summed E-state index contributed by atoms with van der Waals surface area (Å²) in [6.07, 6.45) is 7.51. The summed E-state index contributed by atoms with van der Waals surface area (Å²) in [5, 5.41) is 3.72. The predicted octanol–water partition coefficient (Wildman–Crippen LogP) is 3.12. The monoisotopic (exact) mass is 205 g/mol. The molecule has 2 aliphatic rings. The Morgan fingerprint density at radius 2 is 2.33 bits per heavy atom. The Kier molecular flexibility index (Phi) is 2.32. The second-order valence-corrected chi connectivity index (χ2v) is 5.19. The molecule has 1 N–H and O–H groups in total. The fourth-order valence-corrected chi connectivity index (χ4v) is 3.39. The van der Waals surface area contributed by atoms with Crippen molar-refractivity contribution >= 4 is 0 Å². The van der Waals surface area contributed by atoms with Gasteiger partial charge in [0.1, 0.15) is 5.76 Å². The van der Waals surface area contributed by atoms with Crippen LogP contribution < -0.4 is 5.32 Å². The van der Waals surface area contributed by atoms with Gasteiger partial charge in [-0.05, 0) is 50.2 Å². The highest BCUT2D eigenvalue weighted by atomic mass is 16.3.